The van der Waals surface area contributed by atoms with Crippen LogP contribution in [0.5, 0.6) is 0 Å². The van der Waals surface area contributed by atoms with Crippen LogP contribution in [0.25, 0.3) is 0 Å². The number of aliphatic hydroxyl groups excluding tert-OH is 1. The van der Waals surface area contributed by atoms with E-state index in [0.717, 1.165) is 11.1 Å². The van der Waals surface area contributed by atoms with Gasteiger partial charge in [-0.2, -0.15) is 0 Å². The summed E-state index contributed by atoms with van der Waals surface area (Å²) >= 11 is 0. The predicted molar refractivity (Wildman–Crippen MR) is 110 cm³/mol. The quantitative estimate of drug-likeness (QED) is 0.603. The Labute approximate surface area is 167 Å². The highest BCUT2D eigenvalue weighted by Crippen LogP contribution is 2.24. The molecule has 1 amide bonds. The lowest BCUT2D eigenvalue weighted by atomic mass is 9.87. The Morgan fingerprint density at radius 2 is 1.64 bits per heavy atom. The minimum Gasteiger partial charge on any atom is -0.445 e. The molecule has 5 nitrogen and oxygen atoms in total. The molecule has 3 atom stereocenters. The van der Waals surface area contributed by atoms with Crippen molar-refractivity contribution in [3.05, 3.63) is 84.4 Å². The summed E-state index contributed by atoms with van der Waals surface area (Å²) in [6.45, 7) is 7.74. The van der Waals surface area contributed by atoms with Gasteiger partial charge < -0.3 is 19.9 Å². The molecule has 5 heteroatoms. The first-order valence-electron chi connectivity index (χ1n) is 9.38. The lowest BCUT2D eigenvalue weighted by molar-refractivity contribution is -0.0830. The molecule has 0 radical (unpaired) electrons. The van der Waals surface area contributed by atoms with E-state index in [1.807, 2.05) is 67.6 Å². The molecule has 0 aromatic heterocycles. The van der Waals surface area contributed by atoms with Crippen LogP contribution in [0, 0.1) is 0 Å². The van der Waals surface area contributed by atoms with E-state index < -0.39 is 23.8 Å². The molecule has 0 aliphatic carbocycles. The summed E-state index contributed by atoms with van der Waals surface area (Å²) in [4.78, 5) is 12.4. The molecule has 2 aromatic carbocycles. The van der Waals surface area contributed by atoms with Gasteiger partial charge in [0.2, 0.25) is 0 Å². The zero-order chi connectivity index (χ0) is 20.4. The van der Waals surface area contributed by atoms with Crippen molar-refractivity contribution in [2.75, 3.05) is 0 Å². The highest BCUT2D eigenvalue weighted by atomic mass is 16.5. The lowest BCUT2D eigenvalue weighted by Gasteiger charge is -2.39. The Morgan fingerprint density at radius 1 is 1.11 bits per heavy atom. The van der Waals surface area contributed by atoms with Crippen LogP contribution < -0.4 is 5.32 Å². The predicted octanol–water partition coefficient (Wildman–Crippen LogP) is 4.21. The summed E-state index contributed by atoms with van der Waals surface area (Å²) in [7, 11) is 0. The Balaban J connectivity index is 2.04. The minimum absolute atomic E-state index is 0.168. The number of carbonyl (C=O) groups excluding carboxylic acids is 1. The number of hydrogen-bond donors (Lipinski definition) is 2. The summed E-state index contributed by atoms with van der Waals surface area (Å²) in [6.07, 6.45) is 0.0940. The van der Waals surface area contributed by atoms with Gasteiger partial charge in [0.05, 0.1) is 18.2 Å². The number of aliphatic hydroxyl groups is 1. The van der Waals surface area contributed by atoms with Crippen molar-refractivity contribution in [1.82, 2.24) is 5.32 Å². The Hall–Kier alpha value is -2.63. The number of amides is 1. The number of carbonyl (C=O) groups is 1. The van der Waals surface area contributed by atoms with Gasteiger partial charge in [0.1, 0.15) is 12.7 Å². The summed E-state index contributed by atoms with van der Waals surface area (Å²) < 4.78 is 11.3. The van der Waals surface area contributed by atoms with Gasteiger partial charge in [-0.05, 0) is 31.4 Å². The van der Waals surface area contributed by atoms with Crippen LogP contribution in [0.2, 0.25) is 0 Å². The highest BCUT2D eigenvalue weighted by molar-refractivity contribution is 5.68. The average Bonchev–Trinajstić information content (AvgIpc) is 2.68. The van der Waals surface area contributed by atoms with E-state index in [4.69, 9.17) is 9.47 Å². The van der Waals surface area contributed by atoms with Crippen molar-refractivity contribution in [3.8, 4) is 0 Å². The van der Waals surface area contributed by atoms with Crippen molar-refractivity contribution in [3.63, 3.8) is 0 Å². The molecule has 0 saturated carbocycles. The molecule has 150 valence electrons. The van der Waals surface area contributed by atoms with Crippen molar-refractivity contribution in [2.24, 2.45) is 0 Å². The Bertz CT molecular complexity index is 733. The van der Waals surface area contributed by atoms with E-state index in [9.17, 15) is 9.90 Å². The number of alkyl carbamates (subject to hydrolysis) is 1. The van der Waals surface area contributed by atoms with Crippen LogP contribution in [0.1, 0.15) is 31.4 Å². The van der Waals surface area contributed by atoms with Gasteiger partial charge in [-0.15, -0.1) is 6.58 Å². The van der Waals surface area contributed by atoms with Crippen LogP contribution in [0.3, 0.4) is 0 Å². The normalized spacial score (nSPS) is 15.1. The molecule has 0 aliphatic rings. The third-order valence-electron chi connectivity index (χ3n) is 4.51. The van der Waals surface area contributed by atoms with Gasteiger partial charge in [-0.3, -0.25) is 0 Å². The number of rotatable bonds is 10. The molecule has 0 heterocycles. The fourth-order valence-corrected chi connectivity index (χ4v) is 3.15. The van der Waals surface area contributed by atoms with E-state index in [1.165, 1.54) is 0 Å². The molecule has 2 rings (SSSR count). The van der Waals surface area contributed by atoms with Gasteiger partial charge in [0.25, 0.3) is 0 Å². The maximum Gasteiger partial charge on any atom is 0.407 e. The van der Waals surface area contributed by atoms with Gasteiger partial charge in [-0.25, -0.2) is 4.79 Å². The zero-order valence-electron chi connectivity index (χ0n) is 16.5. The molecule has 0 spiro atoms. The van der Waals surface area contributed by atoms with E-state index in [-0.39, 0.29) is 6.61 Å². The molecule has 2 N–H and O–H groups in total. The van der Waals surface area contributed by atoms with E-state index in [2.05, 4.69) is 11.9 Å². The fraction of sp³-hybridized carbons (Fsp3) is 0.348. The zero-order valence-corrected chi connectivity index (χ0v) is 16.5. The number of benzene rings is 2. The second-order valence-corrected chi connectivity index (χ2v) is 7.05. The fourth-order valence-electron chi connectivity index (χ4n) is 3.15. The van der Waals surface area contributed by atoms with E-state index >= 15 is 0 Å². The maximum absolute atomic E-state index is 12.4. The van der Waals surface area contributed by atoms with Crippen molar-refractivity contribution in [1.29, 1.82) is 0 Å². The topological polar surface area (TPSA) is 67.8 Å². The molecule has 2 aromatic rings. The summed E-state index contributed by atoms with van der Waals surface area (Å²) in [6, 6.07) is 19.1. The van der Waals surface area contributed by atoms with Crippen molar-refractivity contribution < 1.29 is 19.4 Å². The number of nitrogens with one attached hydrogen (secondary N) is 1. The largest absolute Gasteiger partial charge is 0.445 e. The Morgan fingerprint density at radius 3 is 2.14 bits per heavy atom. The second-order valence-electron chi connectivity index (χ2n) is 7.05. The van der Waals surface area contributed by atoms with Gasteiger partial charge >= 0.3 is 6.09 Å². The second kappa shape index (κ2) is 10.6. The maximum atomic E-state index is 12.4. The molecule has 28 heavy (non-hydrogen) atoms. The highest BCUT2D eigenvalue weighted by Gasteiger charge is 2.39. The minimum atomic E-state index is -0.877. The summed E-state index contributed by atoms with van der Waals surface area (Å²) in [5.74, 6) is 0. The van der Waals surface area contributed by atoms with Crippen molar-refractivity contribution in [2.45, 2.75) is 51.2 Å². The molecule has 0 bridgehead atoms. The first-order chi connectivity index (χ1) is 13.4. The summed E-state index contributed by atoms with van der Waals surface area (Å²) in [5, 5.41) is 13.2. The third-order valence-corrected chi connectivity index (χ3v) is 4.51. The summed E-state index contributed by atoms with van der Waals surface area (Å²) in [5.41, 5.74) is 1.01. The molecule has 0 unspecified atom stereocenters. The molecule has 0 saturated heterocycles. The van der Waals surface area contributed by atoms with Crippen LogP contribution >= 0.6 is 0 Å². The van der Waals surface area contributed by atoms with Crippen LogP contribution in [0.4, 0.5) is 4.79 Å². The first kappa shape index (κ1) is 21.7. The smallest absolute Gasteiger partial charge is 0.407 e. The Kier molecular flexibility index (Phi) is 8.23. The van der Waals surface area contributed by atoms with E-state index in [1.54, 1.807) is 13.0 Å². The number of hydrogen-bond acceptors (Lipinski definition) is 4. The standard InChI is InChI=1S/C23H29NO4/c1-4-15-23(3,24-22(26)28-17-20-13-9-6-10-14-20)21(18(2)25)27-16-19-11-7-5-8-12-19/h4-14,18,21,25H,1,15-17H2,2-3H3,(H,24,26)/t18-,21+,23-/m0/s1. The molecule has 0 aliphatic heterocycles. The van der Waals surface area contributed by atoms with Crippen LogP contribution in [0.15, 0.2) is 73.3 Å². The van der Waals surface area contributed by atoms with E-state index in [0.29, 0.717) is 13.0 Å². The lowest BCUT2D eigenvalue weighted by Crippen LogP contribution is -2.58. The van der Waals surface area contributed by atoms with Gasteiger partial charge in [-0.1, -0.05) is 66.7 Å². The molecular formula is C23H29NO4. The molecule has 0 fully saturated rings. The average molecular weight is 383 g/mol. The van der Waals surface area contributed by atoms with Crippen LogP contribution in [-0.4, -0.2) is 28.9 Å². The molecular weight excluding hydrogens is 354 g/mol. The van der Waals surface area contributed by atoms with Crippen molar-refractivity contribution >= 4 is 6.09 Å². The SMILES string of the molecule is C=CC[C@](C)(NC(=O)OCc1ccccc1)[C@H](OCc1ccccc1)[C@H](C)O. The van der Waals surface area contributed by atoms with Gasteiger partial charge in [0, 0.05) is 0 Å². The monoisotopic (exact) mass is 383 g/mol. The first-order valence-corrected chi connectivity index (χ1v) is 9.38. The van der Waals surface area contributed by atoms with Crippen LogP contribution in [-0.2, 0) is 22.7 Å². The number of ether oxygens (including phenoxy) is 2. The third kappa shape index (κ3) is 6.51. The van der Waals surface area contributed by atoms with Gasteiger partial charge in [0.15, 0.2) is 0 Å².